The van der Waals surface area contributed by atoms with Gasteiger partial charge in [0.1, 0.15) is 4.47 Å². The fraction of sp³-hybridized carbons (Fsp3) is 0.750. The van der Waals surface area contributed by atoms with Crippen LogP contribution in [0.25, 0.3) is 0 Å². The molecule has 21 heavy (non-hydrogen) atoms. The Hall–Kier alpha value is -0.840. The molecule has 1 aromatic rings. The van der Waals surface area contributed by atoms with E-state index in [1.165, 1.54) is 30.4 Å². The maximum Gasteiger partial charge on any atom is 0.283 e. The monoisotopic (exact) mass is 355 g/mol. The van der Waals surface area contributed by atoms with Crippen LogP contribution in [0.5, 0.6) is 0 Å². The standard InChI is InChI=1S/C16H26BrN3O/c1-11(2)10-20-16(21)15(17)14(9-19-20)18-8-13-6-4-12(3)5-7-13/h9,11-13,18H,4-8,10H2,1-3H3. The molecule has 1 heterocycles. The number of hydrogen-bond acceptors (Lipinski definition) is 3. The molecule has 2 rings (SSSR count). The Bertz CT molecular complexity index is 519. The van der Waals surface area contributed by atoms with Gasteiger partial charge in [0.2, 0.25) is 0 Å². The Morgan fingerprint density at radius 1 is 1.38 bits per heavy atom. The maximum absolute atomic E-state index is 12.2. The third-order valence-corrected chi connectivity index (χ3v) is 5.01. The van der Waals surface area contributed by atoms with Crippen LogP contribution >= 0.6 is 15.9 Å². The van der Waals surface area contributed by atoms with E-state index in [1.807, 2.05) is 0 Å². The van der Waals surface area contributed by atoms with Gasteiger partial charge in [0, 0.05) is 13.1 Å². The SMILES string of the molecule is CC(C)Cn1ncc(NCC2CCC(C)CC2)c(Br)c1=O. The molecule has 1 aliphatic carbocycles. The van der Waals surface area contributed by atoms with Crippen molar-refractivity contribution in [1.29, 1.82) is 0 Å². The summed E-state index contributed by atoms with van der Waals surface area (Å²) in [6, 6.07) is 0. The molecule has 0 saturated heterocycles. The number of aromatic nitrogens is 2. The van der Waals surface area contributed by atoms with Gasteiger partial charge in [-0.25, -0.2) is 4.68 Å². The highest BCUT2D eigenvalue weighted by molar-refractivity contribution is 9.10. The van der Waals surface area contributed by atoms with Crippen LogP contribution in [0.15, 0.2) is 15.5 Å². The quantitative estimate of drug-likeness (QED) is 0.870. The lowest BCUT2D eigenvalue weighted by molar-refractivity contribution is 0.300. The lowest BCUT2D eigenvalue weighted by atomic mass is 9.83. The van der Waals surface area contributed by atoms with Crippen LogP contribution in [0.3, 0.4) is 0 Å². The molecule has 0 aliphatic heterocycles. The number of hydrogen-bond donors (Lipinski definition) is 1. The van der Waals surface area contributed by atoms with E-state index in [1.54, 1.807) is 6.20 Å². The second-order valence-corrected chi connectivity index (χ2v) is 7.55. The molecule has 0 unspecified atom stereocenters. The molecule has 0 radical (unpaired) electrons. The summed E-state index contributed by atoms with van der Waals surface area (Å²) >= 11 is 3.42. The van der Waals surface area contributed by atoms with E-state index in [0.29, 0.717) is 22.9 Å². The first-order valence-electron chi connectivity index (χ1n) is 7.96. The second-order valence-electron chi connectivity index (χ2n) is 6.76. The van der Waals surface area contributed by atoms with Gasteiger partial charge in [-0.15, -0.1) is 0 Å². The Balaban J connectivity index is 1.98. The van der Waals surface area contributed by atoms with Gasteiger partial charge in [-0.3, -0.25) is 4.79 Å². The van der Waals surface area contributed by atoms with Crippen LogP contribution in [-0.4, -0.2) is 16.3 Å². The van der Waals surface area contributed by atoms with Crippen molar-refractivity contribution in [2.75, 3.05) is 11.9 Å². The average Bonchev–Trinajstić information content (AvgIpc) is 2.44. The van der Waals surface area contributed by atoms with Crippen LogP contribution < -0.4 is 10.9 Å². The summed E-state index contributed by atoms with van der Waals surface area (Å²) in [5.74, 6) is 1.99. The van der Waals surface area contributed by atoms with Crippen molar-refractivity contribution in [1.82, 2.24) is 9.78 Å². The van der Waals surface area contributed by atoms with Crippen molar-refractivity contribution in [2.24, 2.45) is 17.8 Å². The van der Waals surface area contributed by atoms with Crippen molar-refractivity contribution in [3.63, 3.8) is 0 Å². The molecule has 1 aliphatic rings. The number of rotatable bonds is 5. The van der Waals surface area contributed by atoms with Crippen molar-refractivity contribution in [2.45, 2.75) is 53.0 Å². The number of halogens is 1. The summed E-state index contributed by atoms with van der Waals surface area (Å²) in [5, 5.41) is 7.66. The minimum atomic E-state index is -0.0500. The van der Waals surface area contributed by atoms with Crippen molar-refractivity contribution in [3.05, 3.63) is 21.0 Å². The molecule has 0 aromatic carbocycles. The van der Waals surface area contributed by atoms with E-state index >= 15 is 0 Å². The van der Waals surface area contributed by atoms with Crippen LogP contribution in [0.1, 0.15) is 46.5 Å². The molecule has 1 fully saturated rings. The molecule has 1 N–H and O–H groups in total. The van der Waals surface area contributed by atoms with Crippen LogP contribution in [-0.2, 0) is 6.54 Å². The lowest BCUT2D eigenvalue weighted by Crippen LogP contribution is -2.27. The predicted molar refractivity (Wildman–Crippen MR) is 90.6 cm³/mol. The van der Waals surface area contributed by atoms with Gasteiger partial charge in [0.15, 0.2) is 0 Å². The summed E-state index contributed by atoms with van der Waals surface area (Å²) in [4.78, 5) is 12.2. The van der Waals surface area contributed by atoms with E-state index in [2.05, 4.69) is 47.1 Å². The van der Waals surface area contributed by atoms with Crippen LogP contribution in [0, 0.1) is 17.8 Å². The van der Waals surface area contributed by atoms with E-state index in [-0.39, 0.29) is 5.56 Å². The lowest BCUT2D eigenvalue weighted by Gasteiger charge is -2.26. The van der Waals surface area contributed by atoms with Gasteiger partial charge >= 0.3 is 0 Å². The zero-order valence-electron chi connectivity index (χ0n) is 13.2. The zero-order valence-corrected chi connectivity index (χ0v) is 14.8. The highest BCUT2D eigenvalue weighted by Crippen LogP contribution is 2.28. The fourth-order valence-electron chi connectivity index (χ4n) is 2.85. The third-order valence-electron chi connectivity index (χ3n) is 4.24. The van der Waals surface area contributed by atoms with Gasteiger partial charge < -0.3 is 5.32 Å². The first-order chi connectivity index (χ1) is 9.97. The molecular weight excluding hydrogens is 330 g/mol. The maximum atomic E-state index is 12.2. The Morgan fingerprint density at radius 2 is 2.05 bits per heavy atom. The average molecular weight is 356 g/mol. The summed E-state index contributed by atoms with van der Waals surface area (Å²) in [5.41, 5.74) is 0.768. The number of nitrogens with one attached hydrogen (secondary N) is 1. The molecular formula is C16H26BrN3O. The first-order valence-corrected chi connectivity index (χ1v) is 8.76. The molecule has 0 spiro atoms. The van der Waals surface area contributed by atoms with E-state index in [0.717, 1.165) is 18.2 Å². The second kappa shape index (κ2) is 7.43. The summed E-state index contributed by atoms with van der Waals surface area (Å²) in [6.07, 6.45) is 6.97. The summed E-state index contributed by atoms with van der Waals surface area (Å²) in [7, 11) is 0. The normalized spacial score (nSPS) is 22.5. The topological polar surface area (TPSA) is 46.9 Å². The van der Waals surface area contributed by atoms with E-state index in [9.17, 15) is 4.79 Å². The van der Waals surface area contributed by atoms with Crippen LogP contribution in [0.2, 0.25) is 0 Å². The van der Waals surface area contributed by atoms with Gasteiger partial charge in [-0.05, 0) is 46.5 Å². The molecule has 4 nitrogen and oxygen atoms in total. The number of nitrogens with zero attached hydrogens (tertiary/aromatic N) is 2. The Morgan fingerprint density at radius 3 is 2.67 bits per heavy atom. The molecule has 5 heteroatoms. The van der Waals surface area contributed by atoms with Gasteiger partial charge in [0.25, 0.3) is 5.56 Å². The summed E-state index contributed by atoms with van der Waals surface area (Å²) < 4.78 is 2.13. The minimum absolute atomic E-state index is 0.0500. The molecule has 0 atom stereocenters. The third kappa shape index (κ3) is 4.56. The predicted octanol–water partition coefficient (Wildman–Crippen LogP) is 3.90. The van der Waals surface area contributed by atoms with Gasteiger partial charge in [-0.2, -0.15) is 5.10 Å². The fourth-order valence-corrected chi connectivity index (χ4v) is 3.30. The molecule has 1 saturated carbocycles. The Labute approximate surface area is 135 Å². The molecule has 118 valence electrons. The molecule has 1 aromatic heterocycles. The largest absolute Gasteiger partial charge is 0.382 e. The van der Waals surface area contributed by atoms with Crippen molar-refractivity contribution >= 4 is 21.6 Å². The van der Waals surface area contributed by atoms with Gasteiger partial charge in [-0.1, -0.05) is 33.6 Å². The first kappa shape index (κ1) is 16.5. The van der Waals surface area contributed by atoms with E-state index < -0.39 is 0 Å². The van der Waals surface area contributed by atoms with Crippen molar-refractivity contribution < 1.29 is 0 Å². The van der Waals surface area contributed by atoms with Crippen LogP contribution in [0.4, 0.5) is 5.69 Å². The molecule has 0 amide bonds. The smallest absolute Gasteiger partial charge is 0.283 e. The van der Waals surface area contributed by atoms with Gasteiger partial charge in [0.05, 0.1) is 11.9 Å². The molecule has 0 bridgehead atoms. The van der Waals surface area contributed by atoms with E-state index in [4.69, 9.17) is 0 Å². The number of anilines is 1. The highest BCUT2D eigenvalue weighted by atomic mass is 79.9. The minimum Gasteiger partial charge on any atom is -0.382 e. The highest BCUT2D eigenvalue weighted by Gasteiger charge is 2.18. The summed E-state index contributed by atoms with van der Waals surface area (Å²) in [6.45, 7) is 8.08. The van der Waals surface area contributed by atoms with Crippen molar-refractivity contribution in [3.8, 4) is 0 Å². The zero-order chi connectivity index (χ0) is 15.4. The Kier molecular flexibility index (Phi) is 5.85.